The third-order valence-electron chi connectivity index (χ3n) is 3.23. The van der Waals surface area contributed by atoms with Crippen molar-refractivity contribution in [2.45, 2.75) is 46.1 Å². The highest BCUT2D eigenvalue weighted by atomic mass is 16.2. The number of amides is 2. The number of nitrogens with one attached hydrogen (secondary N) is 1. The van der Waals surface area contributed by atoms with E-state index < -0.39 is 5.54 Å². The summed E-state index contributed by atoms with van der Waals surface area (Å²) in [5, 5.41) is 2.62. The lowest BCUT2D eigenvalue weighted by atomic mass is 9.93. The van der Waals surface area contributed by atoms with Crippen LogP contribution < -0.4 is 11.1 Å². The van der Waals surface area contributed by atoms with Gasteiger partial charge in [-0.1, -0.05) is 13.8 Å². The van der Waals surface area contributed by atoms with Crippen molar-refractivity contribution in [3.63, 3.8) is 0 Å². The van der Waals surface area contributed by atoms with E-state index in [2.05, 4.69) is 5.32 Å². The van der Waals surface area contributed by atoms with Gasteiger partial charge >= 0.3 is 0 Å². The summed E-state index contributed by atoms with van der Waals surface area (Å²) in [7, 11) is 0. The molecule has 0 aromatic heterocycles. The fourth-order valence-electron chi connectivity index (χ4n) is 1.59. The molecule has 0 aromatic carbocycles. The van der Waals surface area contributed by atoms with Crippen LogP contribution in [0.2, 0.25) is 0 Å². The number of hydrogen-bond acceptors (Lipinski definition) is 3. The lowest BCUT2D eigenvalue weighted by Crippen LogP contribution is -2.54. The van der Waals surface area contributed by atoms with Crippen LogP contribution in [0.25, 0.3) is 0 Å². The maximum absolute atomic E-state index is 11.8. The van der Waals surface area contributed by atoms with Crippen molar-refractivity contribution in [3.8, 4) is 0 Å². The van der Waals surface area contributed by atoms with Gasteiger partial charge in [0.2, 0.25) is 11.8 Å². The summed E-state index contributed by atoms with van der Waals surface area (Å²) < 4.78 is 0. The van der Waals surface area contributed by atoms with Gasteiger partial charge in [-0.15, -0.1) is 0 Å². The first-order valence-corrected chi connectivity index (χ1v) is 6.30. The van der Waals surface area contributed by atoms with E-state index in [1.165, 1.54) is 0 Å². The molecule has 0 spiro atoms. The number of rotatable bonds is 7. The maximum atomic E-state index is 11.8. The number of carbonyl (C=O) groups is 2. The fourth-order valence-corrected chi connectivity index (χ4v) is 1.59. The van der Waals surface area contributed by atoms with Crippen LogP contribution in [0.15, 0.2) is 0 Å². The first-order valence-electron chi connectivity index (χ1n) is 6.30. The molecule has 0 radical (unpaired) electrons. The summed E-state index contributed by atoms with van der Waals surface area (Å²) in [5.74, 6) is -0.319. The summed E-state index contributed by atoms with van der Waals surface area (Å²) in [6, 6.07) is 0. The van der Waals surface area contributed by atoms with Crippen LogP contribution in [0.1, 0.15) is 40.5 Å². The zero-order valence-corrected chi connectivity index (χ0v) is 11.4. The molecule has 5 nitrogen and oxygen atoms in total. The van der Waals surface area contributed by atoms with Gasteiger partial charge in [-0.25, -0.2) is 0 Å². The molecule has 3 N–H and O–H groups in total. The Hall–Kier alpha value is -1.10. The predicted molar refractivity (Wildman–Crippen MR) is 68.4 cm³/mol. The fraction of sp³-hybridized carbons (Fsp3) is 0.833. The molecule has 0 aromatic rings. The smallest absolute Gasteiger partial charge is 0.241 e. The lowest BCUT2D eigenvalue weighted by molar-refractivity contribution is -0.134. The third-order valence-corrected chi connectivity index (χ3v) is 3.23. The van der Waals surface area contributed by atoms with E-state index >= 15 is 0 Å². The largest absolute Gasteiger partial charge is 0.345 e. The van der Waals surface area contributed by atoms with Gasteiger partial charge in [0.1, 0.15) is 0 Å². The monoisotopic (exact) mass is 243 g/mol. The number of likely N-dealkylation sites (N-methyl/N-ethyl adjacent to an activating group) is 1. The zero-order valence-electron chi connectivity index (χ0n) is 11.4. The van der Waals surface area contributed by atoms with Gasteiger partial charge in [0.05, 0.1) is 12.1 Å². The topological polar surface area (TPSA) is 75.4 Å². The van der Waals surface area contributed by atoms with Gasteiger partial charge in [0.15, 0.2) is 0 Å². The highest BCUT2D eigenvalue weighted by Crippen LogP contribution is 2.10. The Bertz CT molecular complexity index is 258. The first-order chi connectivity index (χ1) is 7.95. The average Bonchev–Trinajstić information content (AvgIpc) is 2.36. The number of nitrogens with zero attached hydrogens (tertiary/aromatic N) is 1. The molecule has 0 aliphatic heterocycles. The standard InChI is InChI=1S/C12H25N3O2/c1-5-12(13,6-2)11(17)14-9-10(16)15(7-3)8-4/h5-9,13H2,1-4H3,(H,14,17). The number of carbonyl (C=O) groups excluding carboxylic acids is 2. The highest BCUT2D eigenvalue weighted by Gasteiger charge is 2.30. The van der Waals surface area contributed by atoms with Gasteiger partial charge in [-0.2, -0.15) is 0 Å². The van der Waals surface area contributed by atoms with E-state index in [0.29, 0.717) is 25.9 Å². The molecule has 0 unspecified atom stereocenters. The minimum absolute atomic E-state index is 0.0272. The molecule has 0 heterocycles. The third kappa shape index (κ3) is 4.34. The molecule has 0 saturated heterocycles. The zero-order chi connectivity index (χ0) is 13.5. The Morgan fingerprint density at radius 3 is 1.94 bits per heavy atom. The van der Waals surface area contributed by atoms with Crippen molar-refractivity contribution < 1.29 is 9.59 Å². The average molecular weight is 243 g/mol. The molecule has 17 heavy (non-hydrogen) atoms. The van der Waals surface area contributed by atoms with Gasteiger partial charge in [0.25, 0.3) is 0 Å². The van der Waals surface area contributed by atoms with Crippen LogP contribution in [0.5, 0.6) is 0 Å². The normalized spacial score (nSPS) is 11.1. The van der Waals surface area contributed by atoms with Gasteiger partial charge in [0, 0.05) is 13.1 Å². The van der Waals surface area contributed by atoms with E-state index in [0.717, 1.165) is 0 Å². The lowest BCUT2D eigenvalue weighted by Gasteiger charge is -2.26. The SMILES string of the molecule is CCN(CC)C(=O)CNC(=O)C(N)(CC)CC. The van der Waals surface area contributed by atoms with Crippen LogP contribution in [0.3, 0.4) is 0 Å². The predicted octanol–water partition coefficient (Wildman–Crippen LogP) is 0.489. The van der Waals surface area contributed by atoms with Gasteiger partial charge < -0.3 is 16.0 Å². The van der Waals surface area contributed by atoms with E-state index in [4.69, 9.17) is 5.73 Å². The van der Waals surface area contributed by atoms with E-state index in [1.54, 1.807) is 4.90 Å². The van der Waals surface area contributed by atoms with Crippen molar-refractivity contribution in [3.05, 3.63) is 0 Å². The van der Waals surface area contributed by atoms with Crippen LogP contribution in [-0.2, 0) is 9.59 Å². The van der Waals surface area contributed by atoms with Crippen LogP contribution in [0, 0.1) is 0 Å². The van der Waals surface area contributed by atoms with Crippen LogP contribution in [0.4, 0.5) is 0 Å². The molecule has 0 aliphatic carbocycles. The molecule has 0 saturated carbocycles. The van der Waals surface area contributed by atoms with Crippen molar-refractivity contribution in [1.29, 1.82) is 0 Å². The molecule has 100 valence electrons. The molecule has 0 rings (SSSR count). The van der Waals surface area contributed by atoms with Crippen molar-refractivity contribution in [2.75, 3.05) is 19.6 Å². The van der Waals surface area contributed by atoms with Gasteiger partial charge in [-0.05, 0) is 26.7 Å². The maximum Gasteiger partial charge on any atom is 0.241 e. The van der Waals surface area contributed by atoms with Gasteiger partial charge in [-0.3, -0.25) is 9.59 Å². The second kappa shape index (κ2) is 7.27. The van der Waals surface area contributed by atoms with Crippen LogP contribution >= 0.6 is 0 Å². The van der Waals surface area contributed by atoms with E-state index in [1.807, 2.05) is 27.7 Å². The quantitative estimate of drug-likeness (QED) is 0.683. The number of nitrogens with two attached hydrogens (primary N) is 1. The summed E-state index contributed by atoms with van der Waals surface area (Å²) in [6.07, 6.45) is 1.13. The van der Waals surface area contributed by atoms with Crippen molar-refractivity contribution in [2.24, 2.45) is 5.73 Å². The Kier molecular flexibility index (Phi) is 6.80. The Labute approximate surface area is 104 Å². The summed E-state index contributed by atoms with van der Waals surface area (Å²) in [4.78, 5) is 25.2. The van der Waals surface area contributed by atoms with Crippen molar-refractivity contribution >= 4 is 11.8 Å². The van der Waals surface area contributed by atoms with Crippen molar-refractivity contribution in [1.82, 2.24) is 10.2 Å². The summed E-state index contributed by atoms with van der Waals surface area (Å²) in [6.45, 7) is 8.90. The first kappa shape index (κ1) is 15.9. The molecule has 0 fully saturated rings. The molecule has 0 bridgehead atoms. The summed E-state index contributed by atoms with van der Waals surface area (Å²) >= 11 is 0. The molecule has 5 heteroatoms. The van der Waals surface area contributed by atoms with E-state index in [9.17, 15) is 9.59 Å². The Morgan fingerprint density at radius 1 is 1.12 bits per heavy atom. The minimum atomic E-state index is -0.858. The molecular weight excluding hydrogens is 218 g/mol. The number of hydrogen-bond donors (Lipinski definition) is 2. The molecule has 2 amide bonds. The Balaban J connectivity index is 4.29. The minimum Gasteiger partial charge on any atom is -0.345 e. The molecule has 0 aliphatic rings. The van der Waals surface area contributed by atoms with E-state index in [-0.39, 0.29) is 18.4 Å². The molecular formula is C12H25N3O2. The van der Waals surface area contributed by atoms with Crippen LogP contribution in [-0.4, -0.2) is 41.9 Å². The second-order valence-corrected chi connectivity index (χ2v) is 4.11. The Morgan fingerprint density at radius 2 is 1.59 bits per heavy atom. The molecule has 0 atom stereocenters. The second-order valence-electron chi connectivity index (χ2n) is 4.11. The highest BCUT2D eigenvalue weighted by molar-refractivity contribution is 5.90. The summed E-state index contributed by atoms with van der Waals surface area (Å²) in [5.41, 5.74) is 5.07.